The van der Waals surface area contributed by atoms with Crippen molar-refractivity contribution in [3.63, 3.8) is 0 Å². The monoisotopic (exact) mass is 352 g/mol. The highest BCUT2D eigenvalue weighted by Gasteiger charge is 2.35. The number of carbonyl (C=O) groups excluding carboxylic acids is 1. The van der Waals surface area contributed by atoms with Crippen LogP contribution in [0.1, 0.15) is 42.4 Å². The van der Waals surface area contributed by atoms with Gasteiger partial charge in [0.05, 0.1) is 7.11 Å². The maximum atomic E-state index is 12.4. The fourth-order valence-corrected chi connectivity index (χ4v) is 3.81. The SMILES string of the molecule is COc1ccc(C2(CNC(=O)Nc3ccc(C)c(C)c3)CCCC2)cc1. The lowest BCUT2D eigenvalue weighted by Gasteiger charge is -2.30. The number of ether oxygens (including phenoxy) is 1. The Morgan fingerprint density at radius 2 is 1.73 bits per heavy atom. The molecule has 2 N–H and O–H groups in total. The molecule has 0 saturated heterocycles. The molecule has 0 unspecified atom stereocenters. The summed E-state index contributed by atoms with van der Waals surface area (Å²) in [5.41, 5.74) is 4.53. The Hall–Kier alpha value is -2.49. The number of urea groups is 1. The zero-order chi connectivity index (χ0) is 18.6. The van der Waals surface area contributed by atoms with Gasteiger partial charge in [0.2, 0.25) is 0 Å². The maximum Gasteiger partial charge on any atom is 0.319 e. The van der Waals surface area contributed by atoms with E-state index >= 15 is 0 Å². The van der Waals surface area contributed by atoms with Crippen LogP contribution < -0.4 is 15.4 Å². The van der Waals surface area contributed by atoms with Crippen LogP contribution in [0.4, 0.5) is 10.5 Å². The predicted octanol–water partition coefficient (Wildman–Crippen LogP) is 4.95. The van der Waals surface area contributed by atoms with Crippen LogP contribution >= 0.6 is 0 Å². The lowest BCUT2D eigenvalue weighted by atomic mass is 9.79. The number of hydrogen-bond donors (Lipinski definition) is 2. The summed E-state index contributed by atoms with van der Waals surface area (Å²) in [4.78, 5) is 12.4. The van der Waals surface area contributed by atoms with Gasteiger partial charge in [-0.3, -0.25) is 0 Å². The van der Waals surface area contributed by atoms with Crippen LogP contribution in [0.15, 0.2) is 42.5 Å². The molecule has 1 aliphatic rings. The van der Waals surface area contributed by atoms with Gasteiger partial charge in [0.1, 0.15) is 5.75 Å². The van der Waals surface area contributed by atoms with E-state index in [4.69, 9.17) is 4.74 Å². The van der Waals surface area contributed by atoms with Gasteiger partial charge in [0, 0.05) is 17.6 Å². The molecule has 1 fully saturated rings. The van der Waals surface area contributed by atoms with E-state index in [-0.39, 0.29) is 11.4 Å². The lowest BCUT2D eigenvalue weighted by molar-refractivity contribution is 0.248. The van der Waals surface area contributed by atoms with Crippen LogP contribution in [-0.4, -0.2) is 19.7 Å². The molecule has 0 atom stereocenters. The molecule has 1 saturated carbocycles. The molecule has 2 amide bonds. The molecule has 0 spiro atoms. The quantitative estimate of drug-likeness (QED) is 0.800. The predicted molar refractivity (Wildman–Crippen MR) is 106 cm³/mol. The number of rotatable bonds is 5. The van der Waals surface area contributed by atoms with E-state index in [2.05, 4.69) is 36.6 Å². The number of methoxy groups -OCH3 is 1. The summed E-state index contributed by atoms with van der Waals surface area (Å²) < 4.78 is 5.27. The van der Waals surface area contributed by atoms with E-state index in [9.17, 15) is 4.79 Å². The van der Waals surface area contributed by atoms with Crippen molar-refractivity contribution < 1.29 is 9.53 Å². The number of hydrogen-bond acceptors (Lipinski definition) is 2. The van der Waals surface area contributed by atoms with E-state index in [0.29, 0.717) is 6.54 Å². The highest BCUT2D eigenvalue weighted by Crippen LogP contribution is 2.41. The summed E-state index contributed by atoms with van der Waals surface area (Å²) >= 11 is 0. The van der Waals surface area contributed by atoms with Gasteiger partial charge in [-0.25, -0.2) is 4.79 Å². The molecule has 1 aliphatic carbocycles. The second-order valence-corrected chi connectivity index (χ2v) is 7.32. The van der Waals surface area contributed by atoms with Gasteiger partial charge in [-0.1, -0.05) is 31.0 Å². The molecule has 0 radical (unpaired) electrons. The highest BCUT2D eigenvalue weighted by molar-refractivity contribution is 5.89. The molecular formula is C22H28N2O2. The first-order valence-electron chi connectivity index (χ1n) is 9.29. The third-order valence-corrected chi connectivity index (χ3v) is 5.62. The Morgan fingerprint density at radius 3 is 2.35 bits per heavy atom. The second kappa shape index (κ2) is 7.81. The number of aryl methyl sites for hydroxylation is 2. The number of nitrogens with one attached hydrogen (secondary N) is 2. The van der Waals surface area contributed by atoms with Crippen LogP contribution in [0.5, 0.6) is 5.75 Å². The summed E-state index contributed by atoms with van der Waals surface area (Å²) in [5.74, 6) is 0.863. The molecule has 4 heteroatoms. The van der Waals surface area contributed by atoms with Crippen LogP contribution in [-0.2, 0) is 5.41 Å². The zero-order valence-electron chi connectivity index (χ0n) is 15.9. The van der Waals surface area contributed by atoms with E-state index < -0.39 is 0 Å². The topological polar surface area (TPSA) is 50.4 Å². The smallest absolute Gasteiger partial charge is 0.319 e. The first-order valence-corrected chi connectivity index (χ1v) is 9.29. The van der Waals surface area contributed by atoms with Crippen molar-refractivity contribution in [2.45, 2.75) is 44.9 Å². The number of benzene rings is 2. The molecule has 0 bridgehead atoms. The summed E-state index contributed by atoms with van der Waals surface area (Å²) in [5, 5.41) is 6.04. The Bertz CT molecular complexity index is 762. The molecule has 3 rings (SSSR count). The van der Waals surface area contributed by atoms with Crippen LogP contribution in [0, 0.1) is 13.8 Å². The van der Waals surface area contributed by atoms with E-state index in [1.54, 1.807) is 7.11 Å². The lowest BCUT2D eigenvalue weighted by Crippen LogP contribution is -2.40. The Kier molecular flexibility index (Phi) is 5.50. The van der Waals surface area contributed by atoms with Crippen molar-refractivity contribution in [2.24, 2.45) is 0 Å². The molecule has 2 aromatic carbocycles. The number of amides is 2. The summed E-state index contributed by atoms with van der Waals surface area (Å²) in [6, 6.07) is 14.1. The average molecular weight is 352 g/mol. The van der Waals surface area contributed by atoms with Crippen molar-refractivity contribution in [1.82, 2.24) is 5.32 Å². The Balaban J connectivity index is 1.66. The summed E-state index contributed by atoms with van der Waals surface area (Å²) in [6.45, 7) is 4.77. The minimum atomic E-state index is -0.145. The third-order valence-electron chi connectivity index (χ3n) is 5.62. The van der Waals surface area contributed by atoms with Gasteiger partial charge >= 0.3 is 6.03 Å². The molecule has 138 valence electrons. The first-order chi connectivity index (χ1) is 12.5. The largest absolute Gasteiger partial charge is 0.497 e. The second-order valence-electron chi connectivity index (χ2n) is 7.32. The average Bonchev–Trinajstić information content (AvgIpc) is 3.13. The summed E-state index contributed by atoms with van der Waals surface area (Å²) in [6.07, 6.45) is 4.60. The molecule has 4 nitrogen and oxygen atoms in total. The van der Waals surface area contributed by atoms with Crippen molar-refractivity contribution in [3.05, 3.63) is 59.2 Å². The van der Waals surface area contributed by atoms with E-state index in [1.165, 1.54) is 29.5 Å². The molecule has 0 aromatic heterocycles. The Morgan fingerprint density at radius 1 is 1.04 bits per heavy atom. The standard InChI is InChI=1S/C22H28N2O2/c1-16-6-9-19(14-17(16)2)24-21(25)23-15-22(12-4-5-13-22)18-7-10-20(26-3)11-8-18/h6-11,14H,4-5,12-13,15H2,1-3H3,(H2,23,24,25). The fraction of sp³-hybridized carbons (Fsp3) is 0.409. The minimum Gasteiger partial charge on any atom is -0.497 e. The normalized spacial score (nSPS) is 15.5. The Labute approximate surface area is 156 Å². The summed E-state index contributed by atoms with van der Waals surface area (Å²) in [7, 11) is 1.68. The van der Waals surface area contributed by atoms with Crippen LogP contribution in [0.25, 0.3) is 0 Å². The molecule has 0 aliphatic heterocycles. The molecular weight excluding hydrogens is 324 g/mol. The van der Waals surface area contributed by atoms with Crippen LogP contribution in [0.2, 0.25) is 0 Å². The molecule has 2 aromatic rings. The van der Waals surface area contributed by atoms with E-state index in [0.717, 1.165) is 24.3 Å². The van der Waals surface area contributed by atoms with Gasteiger partial charge in [0.25, 0.3) is 0 Å². The fourth-order valence-electron chi connectivity index (χ4n) is 3.81. The van der Waals surface area contributed by atoms with Gasteiger partial charge < -0.3 is 15.4 Å². The maximum absolute atomic E-state index is 12.4. The van der Waals surface area contributed by atoms with Gasteiger partial charge in [-0.05, 0) is 67.6 Å². The zero-order valence-corrected chi connectivity index (χ0v) is 15.9. The highest BCUT2D eigenvalue weighted by atomic mass is 16.5. The van der Waals surface area contributed by atoms with Crippen molar-refractivity contribution in [3.8, 4) is 5.75 Å². The van der Waals surface area contributed by atoms with Crippen molar-refractivity contribution in [2.75, 3.05) is 19.0 Å². The third kappa shape index (κ3) is 4.01. The van der Waals surface area contributed by atoms with Gasteiger partial charge in [0.15, 0.2) is 0 Å². The van der Waals surface area contributed by atoms with Crippen LogP contribution in [0.3, 0.4) is 0 Å². The minimum absolute atomic E-state index is 0.0206. The van der Waals surface area contributed by atoms with Gasteiger partial charge in [-0.2, -0.15) is 0 Å². The number of anilines is 1. The van der Waals surface area contributed by atoms with E-state index in [1.807, 2.05) is 30.3 Å². The molecule has 0 heterocycles. The molecule has 26 heavy (non-hydrogen) atoms. The number of carbonyl (C=O) groups is 1. The van der Waals surface area contributed by atoms with Crippen molar-refractivity contribution in [1.29, 1.82) is 0 Å². The van der Waals surface area contributed by atoms with Gasteiger partial charge in [-0.15, -0.1) is 0 Å². The first kappa shape index (κ1) is 18.3. The van der Waals surface area contributed by atoms with Crippen molar-refractivity contribution >= 4 is 11.7 Å².